The van der Waals surface area contributed by atoms with E-state index in [1.165, 1.54) is 12.0 Å². The van der Waals surface area contributed by atoms with Gasteiger partial charge in [-0.15, -0.1) is 0 Å². The number of amides is 2. The van der Waals surface area contributed by atoms with Gasteiger partial charge in [-0.3, -0.25) is 9.59 Å². The van der Waals surface area contributed by atoms with Crippen LogP contribution in [0.4, 0.5) is 0 Å². The minimum Gasteiger partial charge on any atom is -0.493 e. The molecule has 0 spiro atoms. The summed E-state index contributed by atoms with van der Waals surface area (Å²) in [6, 6.07) is 14.7. The first kappa shape index (κ1) is 18.3. The Balaban J connectivity index is 2.02. The van der Waals surface area contributed by atoms with Gasteiger partial charge in [-0.05, 0) is 23.8 Å². The average Bonchev–Trinajstić information content (AvgIpc) is 2.64. The molecule has 6 nitrogen and oxygen atoms in total. The molecular weight excluding hydrogens is 320 g/mol. The number of rotatable bonds is 7. The normalized spacial score (nSPS) is 10.0. The number of nitrogens with zero attached hydrogens (tertiary/aromatic N) is 1. The van der Waals surface area contributed by atoms with Gasteiger partial charge in [0.15, 0.2) is 11.5 Å². The predicted molar refractivity (Wildman–Crippen MR) is 94.8 cm³/mol. The lowest BCUT2D eigenvalue weighted by atomic mass is 10.2. The monoisotopic (exact) mass is 342 g/mol. The molecule has 0 atom stereocenters. The van der Waals surface area contributed by atoms with Gasteiger partial charge in [0, 0.05) is 19.7 Å². The maximum absolute atomic E-state index is 12.2. The first-order valence-electron chi connectivity index (χ1n) is 7.84. The van der Waals surface area contributed by atoms with Crippen LogP contribution in [0.5, 0.6) is 11.5 Å². The van der Waals surface area contributed by atoms with Crippen LogP contribution in [-0.4, -0.2) is 44.5 Å². The van der Waals surface area contributed by atoms with Crippen LogP contribution in [0.2, 0.25) is 0 Å². The highest BCUT2D eigenvalue weighted by Gasteiger charge is 2.13. The van der Waals surface area contributed by atoms with E-state index in [4.69, 9.17) is 9.47 Å². The second kappa shape index (κ2) is 8.73. The summed E-state index contributed by atoms with van der Waals surface area (Å²) < 4.78 is 11.1. The molecule has 0 aromatic heterocycles. The van der Waals surface area contributed by atoms with Crippen LogP contribution in [0.1, 0.15) is 15.9 Å². The third-order valence-electron chi connectivity index (χ3n) is 3.56. The molecule has 0 aliphatic carbocycles. The van der Waals surface area contributed by atoms with Crippen molar-refractivity contribution in [2.75, 3.05) is 27.7 Å². The van der Waals surface area contributed by atoms with Crippen molar-refractivity contribution >= 4 is 11.8 Å². The predicted octanol–water partition coefficient (Wildman–Crippen LogP) is 2.09. The standard InChI is InChI=1S/C19H22N2O4/c1-21(2)18(22)12-20-19(23)15-9-10-16(17(11-15)24-3)25-13-14-7-5-4-6-8-14/h4-11H,12-13H2,1-3H3,(H,20,23). The van der Waals surface area contributed by atoms with Gasteiger partial charge >= 0.3 is 0 Å². The average molecular weight is 342 g/mol. The third kappa shape index (κ3) is 5.24. The van der Waals surface area contributed by atoms with E-state index in [1.54, 1.807) is 32.3 Å². The van der Waals surface area contributed by atoms with Crippen molar-refractivity contribution in [3.05, 3.63) is 59.7 Å². The molecule has 0 aliphatic rings. The van der Waals surface area contributed by atoms with Gasteiger partial charge in [-0.2, -0.15) is 0 Å². The van der Waals surface area contributed by atoms with Crippen LogP contribution < -0.4 is 14.8 Å². The number of carbonyl (C=O) groups excluding carboxylic acids is 2. The third-order valence-corrected chi connectivity index (χ3v) is 3.56. The van der Waals surface area contributed by atoms with E-state index in [1.807, 2.05) is 30.3 Å². The zero-order valence-electron chi connectivity index (χ0n) is 14.6. The Hall–Kier alpha value is -3.02. The van der Waals surface area contributed by atoms with E-state index in [-0.39, 0.29) is 18.4 Å². The molecule has 132 valence electrons. The van der Waals surface area contributed by atoms with Crippen molar-refractivity contribution in [2.24, 2.45) is 0 Å². The van der Waals surface area contributed by atoms with E-state index in [9.17, 15) is 9.59 Å². The van der Waals surface area contributed by atoms with Crippen LogP contribution in [0.25, 0.3) is 0 Å². The first-order chi connectivity index (χ1) is 12.0. The largest absolute Gasteiger partial charge is 0.493 e. The zero-order chi connectivity index (χ0) is 18.2. The highest BCUT2D eigenvalue weighted by Crippen LogP contribution is 2.28. The molecule has 0 unspecified atom stereocenters. The number of ether oxygens (including phenoxy) is 2. The number of benzene rings is 2. The van der Waals surface area contributed by atoms with Crippen LogP contribution >= 0.6 is 0 Å². The van der Waals surface area contributed by atoms with E-state index < -0.39 is 0 Å². The molecule has 6 heteroatoms. The van der Waals surface area contributed by atoms with E-state index in [0.29, 0.717) is 23.7 Å². The van der Waals surface area contributed by atoms with Crippen LogP contribution in [0, 0.1) is 0 Å². The lowest BCUT2D eigenvalue weighted by molar-refractivity contribution is -0.127. The molecule has 25 heavy (non-hydrogen) atoms. The van der Waals surface area contributed by atoms with E-state index >= 15 is 0 Å². The van der Waals surface area contributed by atoms with Crippen LogP contribution in [0.15, 0.2) is 48.5 Å². The molecule has 2 aromatic rings. The van der Waals surface area contributed by atoms with Gasteiger partial charge < -0.3 is 19.7 Å². The first-order valence-corrected chi connectivity index (χ1v) is 7.84. The molecular formula is C19H22N2O4. The number of hydrogen-bond acceptors (Lipinski definition) is 4. The quantitative estimate of drug-likeness (QED) is 0.837. The van der Waals surface area contributed by atoms with Gasteiger partial charge in [0.05, 0.1) is 13.7 Å². The van der Waals surface area contributed by atoms with Gasteiger partial charge in [0.1, 0.15) is 6.61 Å². The maximum Gasteiger partial charge on any atom is 0.251 e. The minimum atomic E-state index is -0.344. The second-order valence-corrected chi connectivity index (χ2v) is 5.61. The maximum atomic E-state index is 12.2. The smallest absolute Gasteiger partial charge is 0.251 e. The Morgan fingerprint density at radius 3 is 2.40 bits per heavy atom. The van der Waals surface area contributed by atoms with Crippen molar-refractivity contribution in [2.45, 2.75) is 6.61 Å². The Labute approximate surface area is 147 Å². The molecule has 0 bridgehead atoms. The molecule has 0 aliphatic heterocycles. The second-order valence-electron chi connectivity index (χ2n) is 5.61. The summed E-state index contributed by atoms with van der Waals surface area (Å²) >= 11 is 0. The van der Waals surface area contributed by atoms with Gasteiger partial charge in [0.2, 0.25) is 5.91 Å². The van der Waals surface area contributed by atoms with E-state index in [0.717, 1.165) is 5.56 Å². The summed E-state index contributed by atoms with van der Waals surface area (Å²) in [6.07, 6.45) is 0. The Morgan fingerprint density at radius 1 is 1.04 bits per heavy atom. The van der Waals surface area contributed by atoms with Crippen molar-refractivity contribution in [1.82, 2.24) is 10.2 Å². The topological polar surface area (TPSA) is 67.9 Å². The zero-order valence-corrected chi connectivity index (χ0v) is 14.6. The van der Waals surface area contributed by atoms with Gasteiger partial charge in [-0.1, -0.05) is 30.3 Å². The van der Waals surface area contributed by atoms with Crippen molar-refractivity contribution in [1.29, 1.82) is 0 Å². The van der Waals surface area contributed by atoms with Crippen LogP contribution in [0.3, 0.4) is 0 Å². The highest BCUT2D eigenvalue weighted by atomic mass is 16.5. The molecule has 0 radical (unpaired) electrons. The van der Waals surface area contributed by atoms with E-state index in [2.05, 4.69) is 5.32 Å². The summed E-state index contributed by atoms with van der Waals surface area (Å²) in [5.74, 6) is 0.487. The van der Waals surface area contributed by atoms with Gasteiger partial charge in [0.25, 0.3) is 5.91 Å². The molecule has 0 saturated carbocycles. The summed E-state index contributed by atoms with van der Waals surface area (Å²) in [6.45, 7) is 0.348. The molecule has 2 rings (SSSR count). The Kier molecular flexibility index (Phi) is 6.39. The van der Waals surface area contributed by atoms with Crippen molar-refractivity contribution in [3.8, 4) is 11.5 Å². The molecule has 0 saturated heterocycles. The fourth-order valence-corrected chi connectivity index (χ4v) is 2.08. The number of likely N-dealkylation sites (N-methyl/N-ethyl adjacent to an activating group) is 1. The molecule has 2 aromatic carbocycles. The lowest BCUT2D eigenvalue weighted by Gasteiger charge is -2.13. The summed E-state index contributed by atoms with van der Waals surface area (Å²) in [5, 5.41) is 2.58. The molecule has 1 N–H and O–H groups in total. The highest BCUT2D eigenvalue weighted by molar-refractivity contribution is 5.97. The number of hydrogen-bond donors (Lipinski definition) is 1. The Bertz CT molecular complexity index is 729. The SMILES string of the molecule is COc1cc(C(=O)NCC(=O)N(C)C)ccc1OCc1ccccc1. The van der Waals surface area contributed by atoms with Crippen molar-refractivity contribution < 1.29 is 19.1 Å². The summed E-state index contributed by atoms with van der Waals surface area (Å²) in [5.41, 5.74) is 1.43. The summed E-state index contributed by atoms with van der Waals surface area (Å²) in [7, 11) is 4.79. The van der Waals surface area contributed by atoms with Crippen molar-refractivity contribution in [3.63, 3.8) is 0 Å². The number of methoxy groups -OCH3 is 1. The van der Waals surface area contributed by atoms with Gasteiger partial charge in [-0.25, -0.2) is 0 Å². The number of carbonyl (C=O) groups is 2. The molecule has 2 amide bonds. The molecule has 0 fully saturated rings. The summed E-state index contributed by atoms with van der Waals surface area (Å²) in [4.78, 5) is 25.1. The van der Waals surface area contributed by atoms with Crippen LogP contribution in [-0.2, 0) is 11.4 Å². The fraction of sp³-hybridized carbons (Fsp3) is 0.263. The number of nitrogens with one attached hydrogen (secondary N) is 1. The minimum absolute atomic E-state index is 0.0552. The molecule has 0 heterocycles. The fourth-order valence-electron chi connectivity index (χ4n) is 2.08. The Morgan fingerprint density at radius 2 is 1.76 bits per heavy atom. The lowest BCUT2D eigenvalue weighted by Crippen LogP contribution is -2.36.